The van der Waals surface area contributed by atoms with Crippen molar-refractivity contribution in [2.45, 2.75) is 19.6 Å². The average Bonchev–Trinajstić information content (AvgIpc) is 2.59. The standard InChI is InChI=1S/C13H19N3O2/c1-10-8-14-9-11-2-3-12(15-13(11)18-10)16-4-6-17-7-5-16/h2-3,10,14H,4-9H2,1H3. The molecule has 0 amide bonds. The van der Waals surface area contributed by atoms with Crippen LogP contribution in [0.3, 0.4) is 0 Å². The Labute approximate surface area is 107 Å². The first kappa shape index (κ1) is 11.7. The molecule has 0 aromatic carbocycles. The van der Waals surface area contributed by atoms with E-state index >= 15 is 0 Å². The number of nitrogens with one attached hydrogen (secondary N) is 1. The summed E-state index contributed by atoms with van der Waals surface area (Å²) in [5.74, 6) is 1.77. The molecule has 5 heteroatoms. The van der Waals surface area contributed by atoms with Crippen molar-refractivity contribution in [1.82, 2.24) is 10.3 Å². The lowest BCUT2D eigenvalue weighted by molar-refractivity contribution is 0.122. The van der Waals surface area contributed by atoms with Gasteiger partial charge in [-0.2, -0.15) is 4.98 Å². The number of hydrogen-bond acceptors (Lipinski definition) is 5. The monoisotopic (exact) mass is 249 g/mol. The maximum absolute atomic E-state index is 5.86. The highest BCUT2D eigenvalue weighted by molar-refractivity contribution is 5.44. The highest BCUT2D eigenvalue weighted by atomic mass is 16.5. The van der Waals surface area contributed by atoms with Crippen molar-refractivity contribution in [1.29, 1.82) is 0 Å². The molecule has 3 heterocycles. The first-order valence-corrected chi connectivity index (χ1v) is 6.53. The van der Waals surface area contributed by atoms with E-state index in [1.54, 1.807) is 0 Å². The molecule has 0 saturated carbocycles. The SMILES string of the molecule is CC1CNCc2ccc(N3CCOCC3)nc2O1. The van der Waals surface area contributed by atoms with Crippen LogP contribution in [0.15, 0.2) is 12.1 Å². The Kier molecular flexibility index (Phi) is 3.34. The van der Waals surface area contributed by atoms with Gasteiger partial charge in [0.05, 0.1) is 13.2 Å². The van der Waals surface area contributed by atoms with Gasteiger partial charge in [0, 0.05) is 31.7 Å². The Morgan fingerprint density at radius 1 is 1.33 bits per heavy atom. The predicted octanol–water partition coefficient (Wildman–Crippen LogP) is 0.789. The smallest absolute Gasteiger partial charge is 0.220 e. The second-order valence-corrected chi connectivity index (χ2v) is 4.79. The van der Waals surface area contributed by atoms with Crippen LogP contribution in [0.4, 0.5) is 5.82 Å². The summed E-state index contributed by atoms with van der Waals surface area (Å²) < 4.78 is 11.2. The Hall–Kier alpha value is -1.33. The molecule has 1 N–H and O–H groups in total. The van der Waals surface area contributed by atoms with Gasteiger partial charge in [-0.3, -0.25) is 0 Å². The Balaban J connectivity index is 1.84. The Morgan fingerprint density at radius 2 is 2.17 bits per heavy atom. The molecule has 98 valence electrons. The van der Waals surface area contributed by atoms with E-state index in [0.717, 1.165) is 56.7 Å². The van der Waals surface area contributed by atoms with Gasteiger partial charge in [0.2, 0.25) is 5.88 Å². The van der Waals surface area contributed by atoms with E-state index < -0.39 is 0 Å². The van der Waals surface area contributed by atoms with Crippen LogP contribution in [-0.2, 0) is 11.3 Å². The number of rotatable bonds is 1. The van der Waals surface area contributed by atoms with Crippen molar-refractivity contribution in [3.05, 3.63) is 17.7 Å². The van der Waals surface area contributed by atoms with E-state index in [2.05, 4.69) is 34.3 Å². The second kappa shape index (κ2) is 5.12. The maximum Gasteiger partial charge on any atom is 0.220 e. The number of fused-ring (bicyclic) bond motifs is 1. The van der Waals surface area contributed by atoms with Gasteiger partial charge >= 0.3 is 0 Å². The minimum Gasteiger partial charge on any atom is -0.473 e. The summed E-state index contributed by atoms with van der Waals surface area (Å²) in [6.07, 6.45) is 0.165. The lowest BCUT2D eigenvalue weighted by Gasteiger charge is -2.28. The Bertz CT molecular complexity index is 419. The third-order valence-electron chi connectivity index (χ3n) is 3.32. The molecule has 1 unspecified atom stereocenters. The fourth-order valence-electron chi connectivity index (χ4n) is 2.31. The maximum atomic E-state index is 5.86. The van der Waals surface area contributed by atoms with Gasteiger partial charge in [-0.25, -0.2) is 0 Å². The zero-order valence-electron chi connectivity index (χ0n) is 10.7. The first-order valence-electron chi connectivity index (χ1n) is 6.53. The topological polar surface area (TPSA) is 46.6 Å². The van der Waals surface area contributed by atoms with E-state index in [-0.39, 0.29) is 6.10 Å². The quantitative estimate of drug-likeness (QED) is 0.797. The lowest BCUT2D eigenvalue weighted by Crippen LogP contribution is -2.36. The number of aromatic nitrogens is 1. The van der Waals surface area contributed by atoms with E-state index in [1.165, 1.54) is 0 Å². The molecule has 5 nitrogen and oxygen atoms in total. The van der Waals surface area contributed by atoms with Crippen LogP contribution in [0.5, 0.6) is 5.88 Å². The molecule has 0 spiro atoms. The van der Waals surface area contributed by atoms with Gasteiger partial charge < -0.3 is 19.7 Å². The predicted molar refractivity (Wildman–Crippen MR) is 69.1 cm³/mol. The van der Waals surface area contributed by atoms with E-state index in [9.17, 15) is 0 Å². The number of nitrogens with zero attached hydrogens (tertiary/aromatic N) is 2. The summed E-state index contributed by atoms with van der Waals surface area (Å²) in [5.41, 5.74) is 1.14. The van der Waals surface area contributed by atoms with Gasteiger partial charge in [-0.15, -0.1) is 0 Å². The molecule has 0 radical (unpaired) electrons. The molecular formula is C13H19N3O2. The van der Waals surface area contributed by atoms with Crippen LogP contribution in [0, 0.1) is 0 Å². The molecule has 0 aliphatic carbocycles. The van der Waals surface area contributed by atoms with E-state index in [1.807, 2.05) is 0 Å². The molecule has 1 atom stereocenters. The molecule has 3 rings (SSSR count). The molecule has 1 aromatic rings. The zero-order valence-corrected chi connectivity index (χ0v) is 10.7. The number of pyridine rings is 1. The van der Waals surface area contributed by atoms with Crippen LogP contribution < -0.4 is 15.0 Å². The number of anilines is 1. The van der Waals surface area contributed by atoms with Crippen LogP contribution >= 0.6 is 0 Å². The molecule has 18 heavy (non-hydrogen) atoms. The normalized spacial score (nSPS) is 24.1. The zero-order chi connectivity index (χ0) is 12.4. The molecular weight excluding hydrogens is 230 g/mol. The van der Waals surface area contributed by atoms with Gasteiger partial charge in [-0.1, -0.05) is 0 Å². The van der Waals surface area contributed by atoms with Gasteiger partial charge in [-0.05, 0) is 19.1 Å². The first-order chi connectivity index (χ1) is 8.83. The second-order valence-electron chi connectivity index (χ2n) is 4.79. The molecule has 1 aromatic heterocycles. The minimum absolute atomic E-state index is 0.165. The number of ether oxygens (including phenoxy) is 2. The largest absolute Gasteiger partial charge is 0.473 e. The summed E-state index contributed by atoms with van der Waals surface area (Å²) in [4.78, 5) is 6.90. The lowest BCUT2D eigenvalue weighted by atomic mass is 10.2. The van der Waals surface area contributed by atoms with Gasteiger partial charge in [0.25, 0.3) is 0 Å². The third kappa shape index (κ3) is 2.42. The van der Waals surface area contributed by atoms with Gasteiger partial charge in [0.15, 0.2) is 0 Å². The van der Waals surface area contributed by atoms with Gasteiger partial charge in [0.1, 0.15) is 11.9 Å². The highest BCUT2D eigenvalue weighted by Crippen LogP contribution is 2.24. The van der Waals surface area contributed by atoms with Crippen molar-refractivity contribution >= 4 is 5.82 Å². The summed E-state index contributed by atoms with van der Waals surface area (Å²) in [7, 11) is 0. The molecule has 1 fully saturated rings. The molecule has 2 aliphatic rings. The highest BCUT2D eigenvalue weighted by Gasteiger charge is 2.18. The van der Waals surface area contributed by atoms with Crippen molar-refractivity contribution in [2.24, 2.45) is 0 Å². The Morgan fingerprint density at radius 3 is 3.00 bits per heavy atom. The van der Waals surface area contributed by atoms with Crippen LogP contribution in [0.25, 0.3) is 0 Å². The average molecular weight is 249 g/mol. The van der Waals surface area contributed by atoms with E-state index in [4.69, 9.17) is 9.47 Å². The summed E-state index contributed by atoms with van der Waals surface area (Å²) in [5, 5.41) is 3.35. The molecule has 1 saturated heterocycles. The van der Waals surface area contributed by atoms with Crippen LogP contribution in [0.1, 0.15) is 12.5 Å². The number of hydrogen-bond donors (Lipinski definition) is 1. The summed E-state index contributed by atoms with van der Waals surface area (Å²) >= 11 is 0. The van der Waals surface area contributed by atoms with Crippen LogP contribution in [0.2, 0.25) is 0 Å². The summed E-state index contributed by atoms with van der Waals surface area (Å²) in [6.45, 7) is 7.11. The van der Waals surface area contributed by atoms with Crippen molar-refractivity contribution < 1.29 is 9.47 Å². The number of morpholine rings is 1. The fourth-order valence-corrected chi connectivity index (χ4v) is 2.31. The summed E-state index contributed by atoms with van der Waals surface area (Å²) in [6, 6.07) is 4.18. The van der Waals surface area contributed by atoms with E-state index in [0.29, 0.717) is 0 Å². The molecule has 0 bridgehead atoms. The fraction of sp³-hybridized carbons (Fsp3) is 0.615. The van der Waals surface area contributed by atoms with Crippen molar-refractivity contribution in [3.63, 3.8) is 0 Å². The third-order valence-corrected chi connectivity index (χ3v) is 3.32. The van der Waals surface area contributed by atoms with Crippen molar-refractivity contribution in [2.75, 3.05) is 37.7 Å². The van der Waals surface area contributed by atoms with Crippen molar-refractivity contribution in [3.8, 4) is 5.88 Å². The minimum atomic E-state index is 0.165. The van der Waals surface area contributed by atoms with Crippen LogP contribution in [-0.4, -0.2) is 43.9 Å². The molecule has 2 aliphatic heterocycles.